The number of rotatable bonds is 7. The van der Waals surface area contributed by atoms with Gasteiger partial charge < -0.3 is 20.3 Å². The van der Waals surface area contributed by atoms with Crippen LogP contribution in [0.5, 0.6) is 0 Å². The van der Waals surface area contributed by atoms with Gasteiger partial charge in [-0.1, -0.05) is 0 Å². The highest BCUT2D eigenvalue weighted by Crippen LogP contribution is 2.22. The van der Waals surface area contributed by atoms with Crippen molar-refractivity contribution in [3.8, 4) is 0 Å². The van der Waals surface area contributed by atoms with Crippen LogP contribution in [0.3, 0.4) is 0 Å². The first-order valence-corrected chi connectivity index (χ1v) is 8.94. The Balaban J connectivity index is 1.95. The number of piperidine rings is 1. The molecule has 138 valence electrons. The number of ether oxygens (including phenoxy) is 1. The van der Waals surface area contributed by atoms with E-state index >= 15 is 0 Å². The molecule has 6 heteroatoms. The van der Waals surface area contributed by atoms with E-state index in [1.165, 1.54) is 6.42 Å². The molecule has 1 fully saturated rings. The van der Waals surface area contributed by atoms with Gasteiger partial charge >= 0.3 is 0 Å². The van der Waals surface area contributed by atoms with Crippen LogP contribution < -0.4 is 10.6 Å². The molecule has 1 aromatic rings. The van der Waals surface area contributed by atoms with Gasteiger partial charge in [0.05, 0.1) is 13.2 Å². The molecule has 1 aliphatic rings. The summed E-state index contributed by atoms with van der Waals surface area (Å²) in [5.74, 6) is -0.0302. The summed E-state index contributed by atoms with van der Waals surface area (Å²) in [5, 5.41) is 5.88. The van der Waals surface area contributed by atoms with E-state index in [0.717, 1.165) is 30.6 Å². The highest BCUT2D eigenvalue weighted by molar-refractivity contribution is 5.97. The molecule has 0 radical (unpaired) electrons. The molecule has 0 bridgehead atoms. The molecule has 1 heterocycles. The van der Waals surface area contributed by atoms with E-state index in [9.17, 15) is 9.59 Å². The van der Waals surface area contributed by atoms with Gasteiger partial charge in [-0.2, -0.15) is 0 Å². The Kier molecular flexibility index (Phi) is 7.40. The van der Waals surface area contributed by atoms with Crippen LogP contribution in [0, 0.1) is 6.92 Å². The third kappa shape index (κ3) is 5.54. The highest BCUT2D eigenvalue weighted by atomic mass is 16.5. The van der Waals surface area contributed by atoms with Crippen molar-refractivity contribution in [2.45, 2.75) is 39.2 Å². The quantitative estimate of drug-likeness (QED) is 0.742. The molecular weight excluding hydrogens is 318 g/mol. The van der Waals surface area contributed by atoms with E-state index in [1.807, 2.05) is 24.0 Å². The van der Waals surface area contributed by atoms with Crippen LogP contribution in [-0.4, -0.2) is 56.1 Å². The summed E-state index contributed by atoms with van der Waals surface area (Å²) in [6, 6.07) is 5.76. The van der Waals surface area contributed by atoms with Gasteiger partial charge in [-0.05, 0) is 56.9 Å². The van der Waals surface area contributed by atoms with Crippen molar-refractivity contribution in [3.05, 3.63) is 29.3 Å². The lowest BCUT2D eigenvalue weighted by Crippen LogP contribution is -2.42. The molecule has 2 amide bonds. The Hall–Kier alpha value is -1.92. The van der Waals surface area contributed by atoms with Crippen LogP contribution >= 0.6 is 0 Å². The number of amides is 2. The first-order chi connectivity index (χ1) is 12.0. The SMILES string of the molecule is COCCNCC(=O)Nc1ccc(C(=O)N2CCCCC2C)cc1C. The number of methoxy groups -OCH3 is 1. The molecule has 1 unspecified atom stereocenters. The molecule has 0 aliphatic carbocycles. The summed E-state index contributed by atoms with van der Waals surface area (Å²) >= 11 is 0. The Morgan fingerprint density at radius 3 is 2.80 bits per heavy atom. The molecule has 1 aromatic carbocycles. The van der Waals surface area contributed by atoms with E-state index in [4.69, 9.17) is 4.74 Å². The van der Waals surface area contributed by atoms with Gasteiger partial charge in [-0.3, -0.25) is 9.59 Å². The fraction of sp³-hybridized carbons (Fsp3) is 0.579. The zero-order chi connectivity index (χ0) is 18.2. The van der Waals surface area contributed by atoms with Crippen LogP contribution in [0.25, 0.3) is 0 Å². The molecule has 25 heavy (non-hydrogen) atoms. The van der Waals surface area contributed by atoms with Crippen LogP contribution in [0.2, 0.25) is 0 Å². The van der Waals surface area contributed by atoms with Crippen molar-refractivity contribution in [1.82, 2.24) is 10.2 Å². The Morgan fingerprint density at radius 2 is 2.12 bits per heavy atom. The highest BCUT2D eigenvalue weighted by Gasteiger charge is 2.24. The maximum Gasteiger partial charge on any atom is 0.254 e. The summed E-state index contributed by atoms with van der Waals surface area (Å²) < 4.78 is 4.92. The monoisotopic (exact) mass is 347 g/mol. The fourth-order valence-corrected chi connectivity index (χ4v) is 3.07. The average Bonchev–Trinajstić information content (AvgIpc) is 2.60. The lowest BCUT2D eigenvalue weighted by Gasteiger charge is -2.33. The van der Waals surface area contributed by atoms with Crippen molar-refractivity contribution in [3.63, 3.8) is 0 Å². The molecular formula is C19H29N3O3. The fourth-order valence-electron chi connectivity index (χ4n) is 3.07. The lowest BCUT2D eigenvalue weighted by atomic mass is 10.0. The van der Waals surface area contributed by atoms with Crippen molar-refractivity contribution < 1.29 is 14.3 Å². The number of hydrogen-bond acceptors (Lipinski definition) is 4. The summed E-state index contributed by atoms with van der Waals surface area (Å²) in [5.41, 5.74) is 2.31. The van der Waals surface area contributed by atoms with Gasteiger partial charge in [-0.15, -0.1) is 0 Å². The molecule has 0 saturated carbocycles. The first kappa shape index (κ1) is 19.4. The minimum Gasteiger partial charge on any atom is -0.383 e. The number of hydrogen-bond donors (Lipinski definition) is 2. The summed E-state index contributed by atoms with van der Waals surface area (Å²) in [7, 11) is 1.62. The Morgan fingerprint density at radius 1 is 1.32 bits per heavy atom. The standard InChI is InChI=1S/C19H29N3O3/c1-14-12-16(19(24)22-10-5-4-6-15(22)2)7-8-17(14)21-18(23)13-20-9-11-25-3/h7-8,12,15,20H,4-6,9-11,13H2,1-3H3,(H,21,23). The number of nitrogens with one attached hydrogen (secondary N) is 2. The molecule has 6 nitrogen and oxygen atoms in total. The van der Waals surface area contributed by atoms with Crippen LogP contribution in [0.1, 0.15) is 42.1 Å². The van der Waals surface area contributed by atoms with E-state index < -0.39 is 0 Å². The second-order valence-electron chi connectivity index (χ2n) is 6.59. The number of carbonyl (C=O) groups is 2. The third-order valence-electron chi connectivity index (χ3n) is 4.58. The van der Waals surface area contributed by atoms with Crippen LogP contribution in [0.15, 0.2) is 18.2 Å². The van der Waals surface area contributed by atoms with E-state index in [1.54, 1.807) is 13.2 Å². The molecule has 1 saturated heterocycles. The molecule has 2 rings (SSSR count). The maximum atomic E-state index is 12.7. The Labute approximate surface area is 149 Å². The van der Waals surface area contributed by atoms with Gasteiger partial charge in [0.2, 0.25) is 5.91 Å². The third-order valence-corrected chi connectivity index (χ3v) is 4.58. The number of anilines is 1. The van der Waals surface area contributed by atoms with Crippen molar-refractivity contribution >= 4 is 17.5 Å². The van der Waals surface area contributed by atoms with E-state index in [2.05, 4.69) is 17.6 Å². The Bertz CT molecular complexity index is 604. The second kappa shape index (κ2) is 9.53. The van der Waals surface area contributed by atoms with Crippen LogP contribution in [-0.2, 0) is 9.53 Å². The molecule has 0 aromatic heterocycles. The predicted octanol–water partition coefficient (Wildman–Crippen LogP) is 2.18. The summed E-state index contributed by atoms with van der Waals surface area (Å²) in [6.45, 7) is 6.27. The molecule has 1 aliphatic heterocycles. The smallest absolute Gasteiger partial charge is 0.254 e. The van der Waals surface area contributed by atoms with Gasteiger partial charge in [0.1, 0.15) is 0 Å². The maximum absolute atomic E-state index is 12.7. The first-order valence-electron chi connectivity index (χ1n) is 8.94. The van der Waals surface area contributed by atoms with Crippen molar-refractivity contribution in [1.29, 1.82) is 0 Å². The lowest BCUT2D eigenvalue weighted by molar-refractivity contribution is -0.115. The topological polar surface area (TPSA) is 70.7 Å². The van der Waals surface area contributed by atoms with Gasteiger partial charge in [0, 0.05) is 37.5 Å². The predicted molar refractivity (Wildman–Crippen MR) is 98.9 cm³/mol. The largest absolute Gasteiger partial charge is 0.383 e. The van der Waals surface area contributed by atoms with E-state index in [0.29, 0.717) is 24.8 Å². The molecule has 0 spiro atoms. The number of benzene rings is 1. The summed E-state index contributed by atoms with van der Waals surface area (Å²) in [6.07, 6.45) is 3.32. The minimum atomic E-state index is -0.108. The van der Waals surface area contributed by atoms with E-state index in [-0.39, 0.29) is 18.4 Å². The van der Waals surface area contributed by atoms with Crippen LogP contribution in [0.4, 0.5) is 5.69 Å². The number of aryl methyl sites for hydroxylation is 1. The van der Waals surface area contributed by atoms with Crippen molar-refractivity contribution in [2.75, 3.05) is 38.7 Å². The van der Waals surface area contributed by atoms with Crippen molar-refractivity contribution in [2.24, 2.45) is 0 Å². The number of nitrogens with zero attached hydrogens (tertiary/aromatic N) is 1. The average molecular weight is 347 g/mol. The molecule has 1 atom stereocenters. The number of likely N-dealkylation sites (tertiary alicyclic amines) is 1. The number of carbonyl (C=O) groups excluding carboxylic acids is 2. The van der Waals surface area contributed by atoms with Gasteiger partial charge in [0.25, 0.3) is 5.91 Å². The van der Waals surface area contributed by atoms with Gasteiger partial charge in [-0.25, -0.2) is 0 Å². The second-order valence-corrected chi connectivity index (χ2v) is 6.59. The zero-order valence-corrected chi connectivity index (χ0v) is 15.4. The minimum absolute atomic E-state index is 0.0782. The normalized spacial score (nSPS) is 17.4. The zero-order valence-electron chi connectivity index (χ0n) is 15.4. The summed E-state index contributed by atoms with van der Waals surface area (Å²) in [4.78, 5) is 26.6. The van der Waals surface area contributed by atoms with Gasteiger partial charge in [0.15, 0.2) is 0 Å². The molecule has 2 N–H and O–H groups in total.